The smallest absolute Gasteiger partial charge is 0.261 e. The Bertz CT molecular complexity index is 1210. The number of hydrogen-bond acceptors (Lipinski definition) is 6. The van der Waals surface area contributed by atoms with Crippen molar-refractivity contribution >= 4 is 10.9 Å². The number of nitrogens with one attached hydrogen (secondary N) is 1. The summed E-state index contributed by atoms with van der Waals surface area (Å²) in [5.41, 5.74) is 1.98. The van der Waals surface area contributed by atoms with Crippen molar-refractivity contribution in [1.29, 1.82) is 5.26 Å². The molecule has 7 nitrogen and oxygen atoms in total. The molecule has 0 spiro atoms. The van der Waals surface area contributed by atoms with Gasteiger partial charge in [0, 0.05) is 31.2 Å². The number of aliphatic hydroxyl groups is 1. The van der Waals surface area contributed by atoms with Crippen molar-refractivity contribution in [3.8, 4) is 6.07 Å². The molecule has 3 aromatic rings. The van der Waals surface area contributed by atoms with Crippen LogP contribution in [0.25, 0.3) is 10.9 Å². The third-order valence-electron chi connectivity index (χ3n) is 6.39. The summed E-state index contributed by atoms with van der Waals surface area (Å²) >= 11 is 0. The first-order valence-electron chi connectivity index (χ1n) is 11.5. The lowest BCUT2D eigenvalue weighted by molar-refractivity contribution is 0.0622. The van der Waals surface area contributed by atoms with Gasteiger partial charge in [0.2, 0.25) is 0 Å². The van der Waals surface area contributed by atoms with Crippen LogP contribution in [0.1, 0.15) is 37.8 Å². The molecule has 4 rings (SSSR count). The number of aromatic nitrogens is 2. The Labute approximate surface area is 194 Å². The second-order valence-corrected chi connectivity index (χ2v) is 9.52. The van der Waals surface area contributed by atoms with Gasteiger partial charge < -0.3 is 10.4 Å². The van der Waals surface area contributed by atoms with Crippen molar-refractivity contribution in [2.75, 3.05) is 13.1 Å². The molecule has 172 valence electrons. The number of hydrogen-bond donors (Lipinski definition) is 2. The Hall–Kier alpha value is -3.05. The zero-order chi connectivity index (χ0) is 23.4. The van der Waals surface area contributed by atoms with Crippen LogP contribution >= 0.6 is 0 Å². The molecule has 1 aliphatic heterocycles. The second-order valence-electron chi connectivity index (χ2n) is 9.52. The number of rotatable bonds is 8. The van der Waals surface area contributed by atoms with E-state index in [4.69, 9.17) is 5.26 Å². The van der Waals surface area contributed by atoms with Crippen LogP contribution in [0.2, 0.25) is 0 Å². The summed E-state index contributed by atoms with van der Waals surface area (Å²) < 4.78 is 1.63. The van der Waals surface area contributed by atoms with Crippen LogP contribution in [-0.2, 0) is 13.1 Å². The van der Waals surface area contributed by atoms with E-state index in [1.165, 1.54) is 0 Å². The zero-order valence-corrected chi connectivity index (χ0v) is 19.2. The fraction of sp³-hybridized carbons (Fsp3) is 0.423. The molecule has 2 heterocycles. The first-order valence-corrected chi connectivity index (χ1v) is 11.5. The highest BCUT2D eigenvalue weighted by Crippen LogP contribution is 2.23. The Kier molecular flexibility index (Phi) is 6.89. The van der Waals surface area contributed by atoms with Gasteiger partial charge in [-0.3, -0.25) is 14.3 Å². The lowest BCUT2D eigenvalue weighted by Gasteiger charge is -2.33. The van der Waals surface area contributed by atoms with Crippen molar-refractivity contribution in [1.82, 2.24) is 19.8 Å². The van der Waals surface area contributed by atoms with Gasteiger partial charge in [-0.05, 0) is 63.1 Å². The topological polar surface area (TPSA) is 94.2 Å². The molecule has 1 fully saturated rings. The minimum absolute atomic E-state index is 0.0578. The van der Waals surface area contributed by atoms with Gasteiger partial charge in [-0.15, -0.1) is 0 Å². The first-order chi connectivity index (χ1) is 15.9. The molecule has 7 heteroatoms. The number of nitrogens with zero attached hydrogens (tertiary/aromatic N) is 4. The molecule has 0 bridgehead atoms. The first kappa shape index (κ1) is 23.1. The lowest BCUT2D eigenvalue weighted by atomic mass is 10.0. The Morgan fingerprint density at radius 1 is 1.27 bits per heavy atom. The molecular formula is C26H31N5O2. The number of nitriles is 1. The molecular weight excluding hydrogens is 414 g/mol. The summed E-state index contributed by atoms with van der Waals surface area (Å²) in [5, 5.41) is 24.2. The quantitative estimate of drug-likeness (QED) is 0.554. The molecule has 1 aromatic heterocycles. The van der Waals surface area contributed by atoms with Crippen LogP contribution in [0.15, 0.2) is 59.7 Å². The summed E-state index contributed by atoms with van der Waals surface area (Å²) in [4.78, 5) is 19.5. The van der Waals surface area contributed by atoms with E-state index in [1.807, 2.05) is 56.3 Å². The average molecular weight is 446 g/mol. The van der Waals surface area contributed by atoms with Gasteiger partial charge in [0.1, 0.15) is 0 Å². The monoisotopic (exact) mass is 445 g/mol. The minimum Gasteiger partial charge on any atom is -0.390 e. The van der Waals surface area contributed by atoms with Crippen molar-refractivity contribution in [2.45, 2.75) is 57.5 Å². The van der Waals surface area contributed by atoms with Gasteiger partial charge in [-0.2, -0.15) is 5.26 Å². The number of fused-ring (bicyclic) bond motifs is 1. The number of aliphatic hydroxyl groups excluding tert-OH is 1. The Morgan fingerprint density at radius 3 is 2.91 bits per heavy atom. The fourth-order valence-corrected chi connectivity index (χ4v) is 4.68. The highest BCUT2D eigenvalue weighted by Gasteiger charge is 2.31. The van der Waals surface area contributed by atoms with E-state index in [9.17, 15) is 9.90 Å². The van der Waals surface area contributed by atoms with Gasteiger partial charge in [-0.25, -0.2) is 4.98 Å². The van der Waals surface area contributed by atoms with E-state index in [1.54, 1.807) is 17.0 Å². The van der Waals surface area contributed by atoms with E-state index in [2.05, 4.69) is 21.3 Å². The molecule has 1 saturated heterocycles. The average Bonchev–Trinajstić information content (AvgIpc) is 3.28. The molecule has 2 N–H and O–H groups in total. The van der Waals surface area contributed by atoms with Crippen molar-refractivity contribution in [3.63, 3.8) is 0 Å². The molecule has 2 aromatic carbocycles. The molecule has 0 saturated carbocycles. The lowest BCUT2D eigenvalue weighted by Crippen LogP contribution is -2.51. The Morgan fingerprint density at radius 2 is 2.09 bits per heavy atom. The predicted molar refractivity (Wildman–Crippen MR) is 129 cm³/mol. The third kappa shape index (κ3) is 5.48. The van der Waals surface area contributed by atoms with E-state index in [-0.39, 0.29) is 11.6 Å². The van der Waals surface area contributed by atoms with Gasteiger partial charge >= 0.3 is 0 Å². The van der Waals surface area contributed by atoms with Gasteiger partial charge in [-0.1, -0.05) is 24.3 Å². The van der Waals surface area contributed by atoms with E-state index in [0.717, 1.165) is 31.5 Å². The number of β-amino-alcohol motifs (C(OH)–C–C–N with tert-alkyl or cyclic N) is 1. The number of benzene rings is 2. The van der Waals surface area contributed by atoms with Gasteiger partial charge in [0.05, 0.1) is 35.0 Å². The van der Waals surface area contributed by atoms with Crippen LogP contribution in [0, 0.1) is 11.3 Å². The Balaban J connectivity index is 1.38. The largest absolute Gasteiger partial charge is 0.390 e. The summed E-state index contributed by atoms with van der Waals surface area (Å²) in [5.74, 6) is 0. The maximum absolute atomic E-state index is 12.8. The van der Waals surface area contributed by atoms with Gasteiger partial charge in [0.15, 0.2) is 0 Å². The van der Waals surface area contributed by atoms with Crippen molar-refractivity contribution in [2.24, 2.45) is 0 Å². The van der Waals surface area contributed by atoms with Crippen LogP contribution < -0.4 is 10.9 Å². The molecule has 0 aliphatic carbocycles. The van der Waals surface area contributed by atoms with E-state index in [0.29, 0.717) is 29.6 Å². The highest BCUT2D eigenvalue weighted by atomic mass is 16.3. The predicted octanol–water partition coefficient (Wildman–Crippen LogP) is 2.66. The van der Waals surface area contributed by atoms with Gasteiger partial charge in [0.25, 0.3) is 5.56 Å². The second kappa shape index (κ2) is 9.84. The highest BCUT2D eigenvalue weighted by molar-refractivity contribution is 5.76. The van der Waals surface area contributed by atoms with Crippen LogP contribution in [0.4, 0.5) is 0 Å². The third-order valence-corrected chi connectivity index (χ3v) is 6.39. The normalized spacial score (nSPS) is 17.8. The van der Waals surface area contributed by atoms with Crippen molar-refractivity contribution in [3.05, 3.63) is 76.3 Å². The molecule has 0 radical (unpaired) electrons. The standard InChI is InChI=1S/C26H31N5O2/c1-26(2,17-31-18-28-22-10-4-3-9-21(22)25(31)33)29-15-24(32)23-11-6-12-30(23)16-20-8-5-7-19(13-20)14-27/h3-5,7-10,13,18,23-24,29,32H,6,11-12,15-17H2,1-2H3/t23?,24-/m1/s1. The molecule has 1 unspecified atom stereocenters. The SMILES string of the molecule is CC(C)(Cn1cnc2ccccc2c1=O)NC[C@@H](O)C1CCCN1Cc1cccc(C#N)c1. The molecule has 0 amide bonds. The van der Waals surface area contributed by atoms with E-state index >= 15 is 0 Å². The molecule has 2 atom stereocenters. The summed E-state index contributed by atoms with van der Waals surface area (Å²) in [6, 6.07) is 17.3. The maximum atomic E-state index is 12.8. The minimum atomic E-state index is -0.530. The number of para-hydroxylation sites is 1. The number of likely N-dealkylation sites (tertiary alicyclic amines) is 1. The molecule has 33 heavy (non-hydrogen) atoms. The summed E-state index contributed by atoms with van der Waals surface area (Å²) in [7, 11) is 0. The van der Waals surface area contributed by atoms with Crippen LogP contribution in [0.5, 0.6) is 0 Å². The summed E-state index contributed by atoms with van der Waals surface area (Å²) in [6.07, 6.45) is 3.05. The molecule has 1 aliphatic rings. The van der Waals surface area contributed by atoms with E-state index < -0.39 is 11.6 Å². The van der Waals surface area contributed by atoms with Crippen molar-refractivity contribution < 1.29 is 5.11 Å². The fourth-order valence-electron chi connectivity index (χ4n) is 4.68. The maximum Gasteiger partial charge on any atom is 0.261 e. The van der Waals surface area contributed by atoms with Crippen LogP contribution in [-0.4, -0.2) is 50.3 Å². The van der Waals surface area contributed by atoms with Crippen LogP contribution in [0.3, 0.4) is 0 Å². The zero-order valence-electron chi connectivity index (χ0n) is 19.2. The summed E-state index contributed by atoms with van der Waals surface area (Å²) in [6.45, 7) is 6.59.